The Morgan fingerprint density at radius 2 is 1.56 bits per heavy atom. The average molecular weight is 510 g/mol. The second kappa shape index (κ2) is 11.5. The van der Waals surface area contributed by atoms with Crippen LogP contribution < -0.4 is 10.1 Å². The molecule has 0 spiro atoms. The number of carbonyl (C=O) groups is 2. The number of piperazine rings is 1. The number of nitrogens with zero attached hydrogens (tertiary/aromatic N) is 2. The maximum atomic E-state index is 13.5. The lowest BCUT2D eigenvalue weighted by atomic mass is 10.0. The van der Waals surface area contributed by atoms with Crippen molar-refractivity contribution in [3.05, 3.63) is 29.3 Å². The van der Waals surface area contributed by atoms with Gasteiger partial charge in [-0.05, 0) is 12.8 Å². The summed E-state index contributed by atoms with van der Waals surface area (Å²) in [6.45, 7) is -0.213. The fraction of sp³-hybridized carbons (Fsp3) is 0.619. The van der Waals surface area contributed by atoms with Crippen molar-refractivity contribution in [3.63, 3.8) is 0 Å². The summed E-state index contributed by atoms with van der Waals surface area (Å²) in [4.78, 5) is 25.7. The van der Waals surface area contributed by atoms with Crippen LogP contribution in [0.5, 0.6) is 5.75 Å². The van der Waals surface area contributed by atoms with Gasteiger partial charge >= 0.3 is 0 Å². The van der Waals surface area contributed by atoms with Gasteiger partial charge in [0, 0.05) is 32.2 Å². The summed E-state index contributed by atoms with van der Waals surface area (Å²) < 4.78 is 85.0. The first-order chi connectivity index (χ1) is 16.1. The van der Waals surface area contributed by atoms with Gasteiger partial charge in [-0.25, -0.2) is 17.2 Å². The molecule has 13 heteroatoms. The Morgan fingerprint density at radius 3 is 2.15 bits per heavy atom. The summed E-state index contributed by atoms with van der Waals surface area (Å²) >= 11 is 0. The van der Waals surface area contributed by atoms with Gasteiger partial charge in [-0.2, -0.15) is 13.1 Å². The number of nitrogens with one attached hydrogen (secondary N) is 1. The molecule has 0 bridgehead atoms. The normalized spacial score (nSPS) is 18.6. The van der Waals surface area contributed by atoms with Crippen LogP contribution >= 0.6 is 0 Å². The Morgan fingerprint density at radius 1 is 0.971 bits per heavy atom. The van der Waals surface area contributed by atoms with Gasteiger partial charge in [-0.1, -0.05) is 19.3 Å². The van der Waals surface area contributed by atoms with Crippen molar-refractivity contribution < 1.29 is 40.3 Å². The lowest BCUT2D eigenvalue weighted by molar-refractivity contribution is -0.126. The fourth-order valence-electron chi connectivity index (χ4n) is 4.05. The molecular weight excluding hydrogens is 482 g/mol. The molecule has 1 amide bonds. The number of Topliss-reactive ketones (excluding diaryl/α,β-unsaturated/α-hetero) is 1. The summed E-state index contributed by atoms with van der Waals surface area (Å²) in [5.74, 6) is -9.49. The third-order valence-corrected chi connectivity index (χ3v) is 8.36. The van der Waals surface area contributed by atoms with Gasteiger partial charge in [0.25, 0.3) is 0 Å². The predicted octanol–water partition coefficient (Wildman–Crippen LogP) is 1.59. The van der Waals surface area contributed by atoms with E-state index < -0.39 is 63.9 Å². The van der Waals surface area contributed by atoms with Gasteiger partial charge < -0.3 is 10.1 Å². The van der Waals surface area contributed by atoms with Crippen LogP contribution in [0.25, 0.3) is 0 Å². The topological polar surface area (TPSA) is 96.0 Å². The maximum absolute atomic E-state index is 13.5. The average Bonchev–Trinajstić information content (AvgIpc) is 2.82. The molecule has 8 nitrogen and oxygen atoms in total. The highest BCUT2D eigenvalue weighted by molar-refractivity contribution is 7.89. The molecule has 190 valence electrons. The highest BCUT2D eigenvalue weighted by Crippen LogP contribution is 2.27. The minimum absolute atomic E-state index is 0.0187. The van der Waals surface area contributed by atoms with Crippen LogP contribution in [-0.4, -0.2) is 80.4 Å². The van der Waals surface area contributed by atoms with Crippen molar-refractivity contribution in [1.29, 1.82) is 0 Å². The van der Waals surface area contributed by atoms with E-state index in [0.29, 0.717) is 25.9 Å². The first-order valence-corrected chi connectivity index (χ1v) is 12.6. The molecule has 1 aromatic carbocycles. The first-order valence-electron chi connectivity index (χ1n) is 11.0. The summed E-state index contributed by atoms with van der Waals surface area (Å²) in [6.07, 6.45) is 4.24. The number of sulfonamides is 1. The van der Waals surface area contributed by atoms with Gasteiger partial charge in [0.15, 0.2) is 23.2 Å². The number of carbonyl (C=O) groups excluding carboxylic acids is 2. The van der Waals surface area contributed by atoms with Crippen molar-refractivity contribution in [2.24, 2.45) is 0 Å². The number of ether oxygens (including phenoxy) is 1. The quantitative estimate of drug-likeness (QED) is 0.401. The smallest absolute Gasteiger partial charge is 0.234 e. The molecule has 1 saturated heterocycles. The molecule has 1 aliphatic carbocycles. The van der Waals surface area contributed by atoms with E-state index in [4.69, 9.17) is 0 Å². The van der Waals surface area contributed by atoms with Crippen LogP contribution in [0, 0.1) is 23.3 Å². The van der Waals surface area contributed by atoms with Gasteiger partial charge in [-0.15, -0.1) is 0 Å². The zero-order valence-corrected chi connectivity index (χ0v) is 19.3. The molecule has 1 aromatic rings. The largest absolute Gasteiger partial charge is 0.479 e. The van der Waals surface area contributed by atoms with Crippen LogP contribution in [0.1, 0.15) is 32.1 Å². The number of hydrogen-bond acceptors (Lipinski definition) is 6. The number of amides is 1. The van der Waals surface area contributed by atoms with Gasteiger partial charge in [0.2, 0.25) is 27.6 Å². The van der Waals surface area contributed by atoms with Crippen molar-refractivity contribution in [2.75, 3.05) is 45.9 Å². The summed E-state index contributed by atoms with van der Waals surface area (Å²) in [5.41, 5.74) is 0. The van der Waals surface area contributed by atoms with Gasteiger partial charge in [0.1, 0.15) is 6.61 Å². The monoisotopic (exact) mass is 509 g/mol. The molecule has 3 rings (SSSR count). The minimum Gasteiger partial charge on any atom is -0.479 e. The van der Waals surface area contributed by atoms with Gasteiger partial charge in [0.05, 0.1) is 18.3 Å². The predicted molar refractivity (Wildman–Crippen MR) is 114 cm³/mol. The Kier molecular flexibility index (Phi) is 8.88. The van der Waals surface area contributed by atoms with Crippen LogP contribution in [0.15, 0.2) is 6.07 Å². The van der Waals surface area contributed by atoms with Crippen molar-refractivity contribution in [1.82, 2.24) is 14.5 Å². The molecule has 1 N–H and O–H groups in total. The highest BCUT2D eigenvalue weighted by atomic mass is 32.2. The molecule has 0 aromatic heterocycles. The van der Waals surface area contributed by atoms with Crippen LogP contribution in [0.4, 0.5) is 17.6 Å². The van der Waals surface area contributed by atoms with Crippen LogP contribution in [0.3, 0.4) is 0 Å². The molecule has 2 fully saturated rings. The third kappa shape index (κ3) is 6.45. The second-order valence-electron chi connectivity index (χ2n) is 8.38. The van der Waals surface area contributed by atoms with E-state index in [9.17, 15) is 35.6 Å². The van der Waals surface area contributed by atoms with E-state index in [1.807, 2.05) is 0 Å². The summed E-state index contributed by atoms with van der Waals surface area (Å²) in [5, 5.41) is 2.00. The van der Waals surface area contributed by atoms with Crippen molar-refractivity contribution in [3.8, 4) is 5.75 Å². The molecular formula is C21H27F4N3O5S. The molecule has 2 aliphatic rings. The van der Waals surface area contributed by atoms with Crippen molar-refractivity contribution >= 4 is 21.7 Å². The van der Waals surface area contributed by atoms with Crippen molar-refractivity contribution in [2.45, 2.75) is 37.4 Å². The van der Waals surface area contributed by atoms with E-state index in [2.05, 4.69) is 10.1 Å². The molecule has 1 saturated carbocycles. The number of rotatable bonds is 9. The summed E-state index contributed by atoms with van der Waals surface area (Å²) in [6, 6.07) is 0.0187. The highest BCUT2D eigenvalue weighted by Gasteiger charge is 2.35. The number of benzene rings is 1. The number of hydrogen-bond donors (Lipinski definition) is 1. The van der Waals surface area contributed by atoms with E-state index >= 15 is 0 Å². The first kappa shape index (κ1) is 26.4. The molecule has 0 atom stereocenters. The molecule has 34 heavy (non-hydrogen) atoms. The zero-order valence-electron chi connectivity index (χ0n) is 18.5. The lowest BCUT2D eigenvalue weighted by Gasteiger charge is -2.36. The maximum Gasteiger partial charge on any atom is 0.234 e. The van der Waals surface area contributed by atoms with E-state index in [0.717, 1.165) is 19.3 Å². The number of ketones is 1. The fourth-order valence-corrected chi connectivity index (χ4v) is 6.08. The SMILES string of the molecule is O=C(CNC(=O)CN1CCN(S(=O)(=O)C2CCCCC2)CC1)COc1c(F)c(F)cc(F)c1F. The Hall–Kier alpha value is -2.25. The molecule has 0 radical (unpaired) electrons. The van der Waals surface area contributed by atoms with E-state index in [1.54, 1.807) is 4.90 Å². The standard InChI is InChI=1S/C21H27F4N3O5S/c22-16-10-17(23)20(25)21(19(16)24)33-13-14(29)11-26-18(30)12-27-6-8-28(9-7-27)34(31,32)15-4-2-1-3-5-15/h10,15H,1-9,11-13H2,(H,26,30). The number of halogens is 4. The van der Waals surface area contributed by atoms with Crippen LogP contribution in [0.2, 0.25) is 0 Å². The Balaban J connectivity index is 1.39. The Bertz CT molecular complexity index is 984. The lowest BCUT2D eigenvalue weighted by Crippen LogP contribution is -2.53. The zero-order chi connectivity index (χ0) is 24.9. The molecule has 0 unspecified atom stereocenters. The second-order valence-corrected chi connectivity index (χ2v) is 10.6. The minimum atomic E-state index is -3.35. The third-order valence-electron chi connectivity index (χ3n) is 5.96. The van der Waals surface area contributed by atoms with E-state index in [-0.39, 0.29) is 31.0 Å². The van der Waals surface area contributed by atoms with Crippen LogP contribution in [-0.2, 0) is 19.6 Å². The summed E-state index contributed by atoms with van der Waals surface area (Å²) in [7, 11) is -3.35. The molecule has 1 heterocycles. The van der Waals surface area contributed by atoms with E-state index in [1.165, 1.54) is 4.31 Å². The Labute approximate surface area is 195 Å². The molecule has 1 aliphatic heterocycles. The van der Waals surface area contributed by atoms with Gasteiger partial charge in [-0.3, -0.25) is 14.5 Å².